The molecule has 4 nitrogen and oxygen atoms in total. The fraction of sp³-hybridized carbons (Fsp3) is 0.500. The van der Waals surface area contributed by atoms with Crippen LogP contribution in [-0.4, -0.2) is 54.3 Å². The van der Waals surface area contributed by atoms with Crippen LogP contribution in [0.15, 0.2) is 24.3 Å². The van der Waals surface area contributed by atoms with Crippen LogP contribution >= 0.6 is 0 Å². The Morgan fingerprint density at radius 2 is 1.80 bits per heavy atom. The first-order valence-electron chi connectivity index (χ1n) is 7.26. The molecule has 0 N–H and O–H groups in total. The summed E-state index contributed by atoms with van der Waals surface area (Å²) in [6.07, 6.45) is 2.70. The van der Waals surface area contributed by atoms with E-state index in [0.29, 0.717) is 17.7 Å². The highest BCUT2D eigenvalue weighted by Gasteiger charge is 2.31. The Balaban J connectivity index is 1.52. The maximum absolute atomic E-state index is 12.2. The van der Waals surface area contributed by atoms with Crippen molar-refractivity contribution in [2.24, 2.45) is 0 Å². The molecule has 0 spiro atoms. The molecule has 0 atom stereocenters. The van der Waals surface area contributed by atoms with Crippen LogP contribution in [0.1, 0.15) is 28.8 Å². The summed E-state index contributed by atoms with van der Waals surface area (Å²) < 4.78 is 0. The number of hydrogen-bond acceptors (Lipinski definition) is 4. The molecule has 0 unspecified atom stereocenters. The van der Waals surface area contributed by atoms with Crippen molar-refractivity contribution in [1.82, 2.24) is 9.80 Å². The first-order chi connectivity index (χ1) is 9.76. The molecular formula is C16H19N3O. The van der Waals surface area contributed by atoms with Gasteiger partial charge in [-0.1, -0.05) is 12.1 Å². The number of benzene rings is 1. The average molecular weight is 269 g/mol. The van der Waals surface area contributed by atoms with Crippen molar-refractivity contribution in [3.05, 3.63) is 35.4 Å². The fourth-order valence-electron chi connectivity index (χ4n) is 2.75. The highest BCUT2D eigenvalue weighted by atomic mass is 16.1. The Morgan fingerprint density at radius 3 is 2.35 bits per heavy atom. The summed E-state index contributed by atoms with van der Waals surface area (Å²) >= 11 is 0. The largest absolute Gasteiger partial charge is 0.298 e. The van der Waals surface area contributed by atoms with Gasteiger partial charge in [0.1, 0.15) is 0 Å². The van der Waals surface area contributed by atoms with Crippen molar-refractivity contribution in [3.63, 3.8) is 0 Å². The van der Waals surface area contributed by atoms with Crippen LogP contribution in [0.3, 0.4) is 0 Å². The summed E-state index contributed by atoms with van der Waals surface area (Å²) in [5.74, 6) is 0.148. The van der Waals surface area contributed by atoms with Crippen LogP contribution < -0.4 is 0 Å². The number of ketones is 1. The number of nitrogens with zero attached hydrogens (tertiary/aromatic N) is 3. The molecule has 0 aromatic heterocycles. The van der Waals surface area contributed by atoms with Crippen LogP contribution in [0.5, 0.6) is 0 Å². The van der Waals surface area contributed by atoms with Gasteiger partial charge in [-0.2, -0.15) is 5.26 Å². The van der Waals surface area contributed by atoms with E-state index in [0.717, 1.165) is 32.2 Å². The minimum atomic E-state index is 0.148. The zero-order valence-electron chi connectivity index (χ0n) is 11.6. The van der Waals surface area contributed by atoms with Gasteiger partial charge >= 0.3 is 0 Å². The molecule has 20 heavy (non-hydrogen) atoms. The molecule has 0 radical (unpaired) electrons. The van der Waals surface area contributed by atoms with E-state index in [2.05, 4.69) is 15.9 Å². The molecular weight excluding hydrogens is 250 g/mol. The van der Waals surface area contributed by atoms with E-state index >= 15 is 0 Å². The van der Waals surface area contributed by atoms with E-state index < -0.39 is 0 Å². The van der Waals surface area contributed by atoms with Crippen molar-refractivity contribution in [2.75, 3.05) is 32.7 Å². The number of rotatable bonds is 4. The maximum atomic E-state index is 12.2. The van der Waals surface area contributed by atoms with Gasteiger partial charge in [0.05, 0.1) is 18.2 Å². The van der Waals surface area contributed by atoms with Crippen LogP contribution in [0, 0.1) is 11.3 Å². The summed E-state index contributed by atoms with van der Waals surface area (Å²) in [6, 6.07) is 9.81. The molecule has 1 saturated heterocycles. The Bertz CT molecular complexity index is 520. The summed E-state index contributed by atoms with van der Waals surface area (Å²) in [5.41, 5.74) is 1.30. The molecule has 1 saturated carbocycles. The third-order valence-corrected chi connectivity index (χ3v) is 4.17. The second kappa shape index (κ2) is 5.74. The molecule has 104 valence electrons. The number of Topliss-reactive ketones (excluding diaryl/α,β-unsaturated/α-hetero) is 1. The van der Waals surface area contributed by atoms with Crippen molar-refractivity contribution in [3.8, 4) is 6.07 Å². The normalized spacial score (nSPS) is 20.6. The number of piperazine rings is 1. The number of carbonyl (C=O) groups is 1. The summed E-state index contributed by atoms with van der Waals surface area (Å²) in [4.78, 5) is 17.0. The van der Waals surface area contributed by atoms with Crippen molar-refractivity contribution >= 4 is 5.78 Å². The van der Waals surface area contributed by atoms with Crippen LogP contribution in [0.25, 0.3) is 0 Å². The van der Waals surface area contributed by atoms with E-state index in [1.54, 1.807) is 24.3 Å². The molecule has 1 aromatic rings. The summed E-state index contributed by atoms with van der Waals surface area (Å²) in [5, 5.41) is 8.76. The van der Waals surface area contributed by atoms with Crippen LogP contribution in [0.2, 0.25) is 0 Å². The third-order valence-electron chi connectivity index (χ3n) is 4.17. The summed E-state index contributed by atoms with van der Waals surface area (Å²) in [7, 11) is 0. The van der Waals surface area contributed by atoms with Gasteiger partial charge in [0.2, 0.25) is 0 Å². The smallest absolute Gasteiger partial charge is 0.176 e. The lowest BCUT2D eigenvalue weighted by Gasteiger charge is -2.34. The van der Waals surface area contributed by atoms with Gasteiger partial charge in [0, 0.05) is 37.8 Å². The highest BCUT2D eigenvalue weighted by Crippen LogP contribution is 2.27. The average Bonchev–Trinajstić information content (AvgIpc) is 3.33. The molecule has 2 aliphatic rings. The number of nitriles is 1. The van der Waals surface area contributed by atoms with E-state index in [1.165, 1.54) is 12.8 Å². The topological polar surface area (TPSA) is 47.3 Å². The van der Waals surface area contributed by atoms with Gasteiger partial charge in [0.25, 0.3) is 0 Å². The van der Waals surface area contributed by atoms with Gasteiger partial charge in [-0.3, -0.25) is 14.6 Å². The summed E-state index contributed by atoms with van der Waals surface area (Å²) in [6.45, 7) is 4.64. The first-order valence-corrected chi connectivity index (χ1v) is 7.26. The highest BCUT2D eigenvalue weighted by molar-refractivity contribution is 5.97. The minimum absolute atomic E-state index is 0.148. The minimum Gasteiger partial charge on any atom is -0.298 e. The fourth-order valence-corrected chi connectivity index (χ4v) is 2.75. The van der Waals surface area contributed by atoms with Gasteiger partial charge < -0.3 is 0 Å². The zero-order chi connectivity index (χ0) is 13.9. The Labute approximate surface area is 119 Å². The Morgan fingerprint density at radius 1 is 1.15 bits per heavy atom. The van der Waals surface area contributed by atoms with Crippen molar-refractivity contribution in [1.29, 1.82) is 5.26 Å². The second-order valence-electron chi connectivity index (χ2n) is 5.66. The lowest BCUT2D eigenvalue weighted by Crippen LogP contribution is -2.48. The molecule has 0 amide bonds. The Hall–Kier alpha value is -1.70. The molecule has 4 heteroatoms. The lowest BCUT2D eigenvalue weighted by atomic mass is 10.1. The van der Waals surface area contributed by atoms with Gasteiger partial charge in [-0.05, 0) is 25.0 Å². The first kappa shape index (κ1) is 13.3. The predicted octanol–water partition coefficient (Wildman–Crippen LogP) is 1.52. The van der Waals surface area contributed by atoms with E-state index in [1.807, 2.05) is 0 Å². The number of hydrogen-bond donors (Lipinski definition) is 0. The third kappa shape index (κ3) is 3.06. The predicted molar refractivity (Wildman–Crippen MR) is 76.5 cm³/mol. The van der Waals surface area contributed by atoms with Crippen molar-refractivity contribution in [2.45, 2.75) is 18.9 Å². The molecule has 1 aliphatic heterocycles. The van der Waals surface area contributed by atoms with E-state index in [-0.39, 0.29) is 5.78 Å². The quantitative estimate of drug-likeness (QED) is 0.778. The van der Waals surface area contributed by atoms with Crippen LogP contribution in [-0.2, 0) is 0 Å². The molecule has 1 heterocycles. The molecule has 2 fully saturated rings. The molecule has 3 rings (SSSR count). The molecule has 0 bridgehead atoms. The Kier molecular flexibility index (Phi) is 3.81. The van der Waals surface area contributed by atoms with Gasteiger partial charge in [-0.25, -0.2) is 0 Å². The monoisotopic (exact) mass is 269 g/mol. The zero-order valence-corrected chi connectivity index (χ0v) is 11.6. The lowest BCUT2D eigenvalue weighted by molar-refractivity contribution is 0.0843. The molecule has 1 aliphatic carbocycles. The maximum Gasteiger partial charge on any atom is 0.176 e. The standard InChI is InChI=1S/C16H19N3O/c17-11-13-1-3-14(4-2-13)16(20)12-18-7-9-19(10-8-18)15-5-6-15/h1-4,15H,5-10,12H2. The number of carbonyl (C=O) groups excluding carboxylic acids is 1. The second-order valence-corrected chi connectivity index (χ2v) is 5.66. The van der Waals surface area contributed by atoms with Gasteiger partial charge in [-0.15, -0.1) is 0 Å². The van der Waals surface area contributed by atoms with E-state index in [4.69, 9.17) is 5.26 Å². The molecule has 1 aromatic carbocycles. The SMILES string of the molecule is N#Cc1ccc(C(=O)CN2CCN(C3CC3)CC2)cc1. The van der Waals surface area contributed by atoms with E-state index in [9.17, 15) is 4.79 Å². The van der Waals surface area contributed by atoms with Crippen LogP contribution in [0.4, 0.5) is 0 Å². The van der Waals surface area contributed by atoms with Gasteiger partial charge in [0.15, 0.2) is 5.78 Å². The van der Waals surface area contributed by atoms with Crippen molar-refractivity contribution < 1.29 is 4.79 Å².